The number of benzene rings is 1. The Balaban J connectivity index is 2.50. The number of rotatable bonds is 2. The lowest BCUT2D eigenvalue weighted by Crippen LogP contribution is -2.33. The van der Waals surface area contributed by atoms with Gasteiger partial charge in [-0.05, 0) is 18.1 Å². The Bertz CT molecular complexity index is 547. The fourth-order valence-corrected chi connectivity index (χ4v) is 2.86. The molecule has 0 bridgehead atoms. The van der Waals surface area contributed by atoms with Gasteiger partial charge < -0.3 is 4.74 Å². The highest BCUT2D eigenvalue weighted by Gasteiger charge is 2.49. The van der Waals surface area contributed by atoms with Crippen LogP contribution < -0.4 is 0 Å². The molecule has 1 aromatic carbocycles. The molecule has 0 aliphatic heterocycles. The molecular weight excluding hydrogens is 294 g/mol. The van der Waals surface area contributed by atoms with E-state index in [2.05, 4.69) is 22.0 Å². The number of halogens is 1. The van der Waals surface area contributed by atoms with Gasteiger partial charge in [0.05, 0.1) is 13.2 Å². The monoisotopic (exact) mass is 305 g/mol. The summed E-state index contributed by atoms with van der Waals surface area (Å²) in [6.45, 7) is 0. The van der Waals surface area contributed by atoms with Crippen LogP contribution >= 0.6 is 15.9 Å². The standard InChI is InChI=1S/C14H12BrNO2/c1-18-13(17)14(9-16)8-4-6-11(14)10-5-2-3-7-12(10)15/h2-7,11H,8H2,1H3/t11-,14-/m0/s1. The second kappa shape index (κ2) is 4.95. The molecule has 2 atom stereocenters. The molecule has 0 heterocycles. The maximum Gasteiger partial charge on any atom is 0.327 e. The summed E-state index contributed by atoms with van der Waals surface area (Å²) in [5.74, 6) is -0.749. The van der Waals surface area contributed by atoms with E-state index in [0.29, 0.717) is 6.42 Å². The number of nitriles is 1. The maximum atomic E-state index is 12.0. The van der Waals surface area contributed by atoms with E-state index in [0.717, 1.165) is 10.0 Å². The van der Waals surface area contributed by atoms with Crippen LogP contribution in [0.15, 0.2) is 40.9 Å². The zero-order valence-electron chi connectivity index (χ0n) is 9.89. The third-order valence-corrected chi connectivity index (χ3v) is 4.01. The minimum Gasteiger partial charge on any atom is -0.468 e. The number of methoxy groups -OCH3 is 1. The van der Waals surface area contributed by atoms with E-state index in [1.54, 1.807) is 0 Å². The molecule has 0 amide bonds. The van der Waals surface area contributed by atoms with Gasteiger partial charge in [0.2, 0.25) is 0 Å². The third kappa shape index (κ3) is 1.85. The zero-order valence-corrected chi connectivity index (χ0v) is 11.5. The van der Waals surface area contributed by atoms with E-state index in [4.69, 9.17) is 4.74 Å². The van der Waals surface area contributed by atoms with Gasteiger partial charge in [0.1, 0.15) is 0 Å². The molecule has 0 saturated heterocycles. The molecule has 0 unspecified atom stereocenters. The summed E-state index contributed by atoms with van der Waals surface area (Å²) in [5.41, 5.74) is -0.211. The minimum atomic E-state index is -1.14. The smallest absolute Gasteiger partial charge is 0.327 e. The second-order valence-electron chi connectivity index (χ2n) is 4.21. The number of esters is 1. The predicted octanol–water partition coefficient (Wildman–Crippen LogP) is 3.18. The molecule has 0 saturated carbocycles. The molecular formula is C14H12BrNO2. The van der Waals surface area contributed by atoms with Gasteiger partial charge in [0.25, 0.3) is 0 Å². The molecule has 1 aromatic rings. The molecule has 0 spiro atoms. The highest BCUT2D eigenvalue weighted by molar-refractivity contribution is 9.10. The first-order valence-electron chi connectivity index (χ1n) is 5.56. The van der Waals surface area contributed by atoms with Crippen LogP contribution in [0.4, 0.5) is 0 Å². The molecule has 3 nitrogen and oxygen atoms in total. The summed E-state index contributed by atoms with van der Waals surface area (Å²) in [6.07, 6.45) is 4.16. The van der Waals surface area contributed by atoms with Crippen molar-refractivity contribution in [1.82, 2.24) is 0 Å². The quantitative estimate of drug-likeness (QED) is 0.623. The Labute approximate surface area is 114 Å². The summed E-state index contributed by atoms with van der Waals surface area (Å²) >= 11 is 3.46. The van der Waals surface area contributed by atoms with Crippen LogP contribution in [0.3, 0.4) is 0 Å². The normalized spacial score (nSPS) is 25.7. The van der Waals surface area contributed by atoms with Gasteiger partial charge in [-0.2, -0.15) is 5.26 Å². The first-order valence-corrected chi connectivity index (χ1v) is 6.36. The minimum absolute atomic E-state index is 0.273. The van der Waals surface area contributed by atoms with E-state index in [9.17, 15) is 10.1 Å². The van der Waals surface area contributed by atoms with Gasteiger partial charge >= 0.3 is 5.97 Å². The Morgan fingerprint density at radius 1 is 1.56 bits per heavy atom. The Morgan fingerprint density at radius 3 is 2.89 bits per heavy atom. The van der Waals surface area contributed by atoms with Crippen LogP contribution in [-0.2, 0) is 9.53 Å². The first kappa shape index (κ1) is 12.8. The molecule has 1 aliphatic carbocycles. The number of hydrogen-bond acceptors (Lipinski definition) is 3. The summed E-state index contributed by atoms with van der Waals surface area (Å²) in [4.78, 5) is 12.0. The average Bonchev–Trinajstić information content (AvgIpc) is 2.83. The van der Waals surface area contributed by atoms with Crippen molar-refractivity contribution in [1.29, 1.82) is 5.26 Å². The SMILES string of the molecule is COC(=O)[C@]1(C#N)CC=C[C@H]1c1ccccc1Br. The van der Waals surface area contributed by atoms with Gasteiger partial charge in [0.15, 0.2) is 5.41 Å². The van der Waals surface area contributed by atoms with Crippen molar-refractivity contribution in [3.63, 3.8) is 0 Å². The zero-order chi connectivity index (χ0) is 13.2. The van der Waals surface area contributed by atoms with Gasteiger partial charge in [-0.15, -0.1) is 0 Å². The van der Waals surface area contributed by atoms with Crippen LogP contribution in [0.1, 0.15) is 17.9 Å². The van der Waals surface area contributed by atoms with Gasteiger partial charge in [-0.25, -0.2) is 0 Å². The summed E-state index contributed by atoms with van der Waals surface area (Å²) in [7, 11) is 1.32. The largest absolute Gasteiger partial charge is 0.468 e. The summed E-state index contributed by atoms with van der Waals surface area (Å²) < 4.78 is 5.70. The van der Waals surface area contributed by atoms with Crippen LogP contribution in [-0.4, -0.2) is 13.1 Å². The number of carbonyl (C=O) groups is 1. The van der Waals surface area contributed by atoms with Crippen LogP contribution in [0, 0.1) is 16.7 Å². The predicted molar refractivity (Wildman–Crippen MR) is 70.7 cm³/mol. The Hall–Kier alpha value is -1.60. The van der Waals surface area contributed by atoms with Crippen molar-refractivity contribution in [2.24, 2.45) is 5.41 Å². The second-order valence-corrected chi connectivity index (χ2v) is 5.06. The lowest BCUT2D eigenvalue weighted by molar-refractivity contribution is -0.149. The number of hydrogen-bond donors (Lipinski definition) is 0. The molecule has 92 valence electrons. The van der Waals surface area contributed by atoms with Crippen molar-refractivity contribution in [2.75, 3.05) is 7.11 Å². The van der Waals surface area contributed by atoms with Crippen molar-refractivity contribution < 1.29 is 9.53 Å². The topological polar surface area (TPSA) is 50.1 Å². The van der Waals surface area contributed by atoms with E-state index in [1.807, 2.05) is 36.4 Å². The molecule has 0 aromatic heterocycles. The third-order valence-electron chi connectivity index (χ3n) is 3.29. The average molecular weight is 306 g/mol. The summed E-state index contributed by atoms with van der Waals surface area (Å²) in [6, 6.07) is 9.76. The lowest BCUT2D eigenvalue weighted by Gasteiger charge is -2.26. The van der Waals surface area contributed by atoms with E-state index >= 15 is 0 Å². The lowest BCUT2D eigenvalue weighted by atomic mass is 9.75. The fourth-order valence-electron chi connectivity index (χ4n) is 2.33. The van der Waals surface area contributed by atoms with E-state index in [1.165, 1.54) is 7.11 Å². The number of ether oxygens (including phenoxy) is 1. The highest BCUT2D eigenvalue weighted by atomic mass is 79.9. The molecule has 0 radical (unpaired) electrons. The maximum absolute atomic E-state index is 12.0. The number of nitrogens with zero attached hydrogens (tertiary/aromatic N) is 1. The van der Waals surface area contributed by atoms with E-state index < -0.39 is 11.4 Å². The van der Waals surface area contributed by atoms with Crippen molar-refractivity contribution >= 4 is 21.9 Å². The van der Waals surface area contributed by atoms with Crippen LogP contribution in [0.25, 0.3) is 0 Å². The molecule has 1 aliphatic rings. The Kier molecular flexibility index (Phi) is 3.53. The van der Waals surface area contributed by atoms with Crippen LogP contribution in [0.5, 0.6) is 0 Å². The Morgan fingerprint density at radius 2 is 2.28 bits per heavy atom. The fraction of sp³-hybridized carbons (Fsp3) is 0.286. The van der Waals surface area contributed by atoms with E-state index in [-0.39, 0.29) is 5.92 Å². The van der Waals surface area contributed by atoms with Crippen molar-refractivity contribution in [3.8, 4) is 6.07 Å². The number of allylic oxidation sites excluding steroid dienone is 2. The van der Waals surface area contributed by atoms with Gasteiger partial charge in [0, 0.05) is 10.4 Å². The summed E-state index contributed by atoms with van der Waals surface area (Å²) in [5, 5.41) is 9.43. The molecule has 0 N–H and O–H groups in total. The molecule has 0 fully saturated rings. The van der Waals surface area contributed by atoms with Gasteiger partial charge in [-0.3, -0.25) is 4.79 Å². The molecule has 2 rings (SSSR count). The first-order chi connectivity index (χ1) is 8.65. The highest BCUT2D eigenvalue weighted by Crippen LogP contribution is 2.47. The molecule has 4 heteroatoms. The van der Waals surface area contributed by atoms with Crippen LogP contribution in [0.2, 0.25) is 0 Å². The number of carbonyl (C=O) groups excluding carboxylic acids is 1. The van der Waals surface area contributed by atoms with Gasteiger partial charge in [-0.1, -0.05) is 46.3 Å². The van der Waals surface area contributed by atoms with Crippen molar-refractivity contribution in [2.45, 2.75) is 12.3 Å². The molecule has 18 heavy (non-hydrogen) atoms. The van der Waals surface area contributed by atoms with Crippen molar-refractivity contribution in [3.05, 3.63) is 46.5 Å².